The molecule has 49 heavy (non-hydrogen) atoms. The Labute approximate surface area is 323 Å². The molecule has 26 heteroatoms. The zero-order chi connectivity index (χ0) is 35.0. The maximum atomic E-state index is 13.0. The van der Waals surface area contributed by atoms with Crippen molar-refractivity contribution in [2.24, 2.45) is 5.16 Å². The molecule has 0 saturated carbocycles. The summed E-state index contributed by atoms with van der Waals surface area (Å²) in [4.78, 5) is 86.0. The van der Waals surface area contributed by atoms with E-state index in [2.05, 4.69) is 30.3 Å². The van der Waals surface area contributed by atoms with E-state index < -0.39 is 93.3 Å². The van der Waals surface area contributed by atoms with Gasteiger partial charge in [-0.05, 0) is 27.3 Å². The fourth-order valence-electron chi connectivity index (χ4n) is 3.67. The molecule has 1 aliphatic heterocycles. The van der Waals surface area contributed by atoms with Gasteiger partial charge in [-0.15, -0.1) is 16.4 Å². The smallest absolute Gasteiger partial charge is 0.546 e. The second-order valence-electron chi connectivity index (χ2n) is 10.2. The number of nitrogens with one attached hydrogen (secondary N) is 2. The zero-order valence-electron chi connectivity index (χ0n) is 26.3. The Morgan fingerprint density at radius 2 is 1.96 bits per heavy atom. The van der Waals surface area contributed by atoms with Gasteiger partial charge in [0.05, 0.1) is 30.4 Å². The molecular weight excluding hydrogens is 718 g/mol. The topological polar surface area (TPSA) is 328 Å². The van der Waals surface area contributed by atoms with Crippen molar-refractivity contribution >= 4 is 56.2 Å². The predicted molar refractivity (Wildman–Crippen MR) is 156 cm³/mol. The van der Waals surface area contributed by atoms with E-state index in [-0.39, 0.29) is 79.7 Å². The van der Waals surface area contributed by atoms with Crippen molar-refractivity contribution in [3.63, 3.8) is 0 Å². The largest absolute Gasteiger partial charge is 1.00 e. The summed E-state index contributed by atoms with van der Waals surface area (Å²) in [7, 11) is -5.28. The molecule has 1 saturated heterocycles. The number of nitrogens with zero attached hydrogens (tertiary/aromatic N) is 7. The third-order valence-electron chi connectivity index (χ3n) is 6.13. The number of pyridine rings is 1. The van der Waals surface area contributed by atoms with Gasteiger partial charge in [-0.3, -0.25) is 23.7 Å². The van der Waals surface area contributed by atoms with Crippen LogP contribution in [0.5, 0.6) is 5.75 Å². The van der Waals surface area contributed by atoms with Crippen LogP contribution in [0.3, 0.4) is 0 Å². The number of likely N-dealkylation sites (tertiary alicyclic amines) is 1. The van der Waals surface area contributed by atoms with Gasteiger partial charge >= 0.3 is 64.8 Å². The number of urea groups is 1. The average molecular weight is 743 g/mol. The number of anilines is 1. The number of thiazole rings is 1. The number of aliphatic hydroxyl groups is 1. The SMILES string of the molecule is C[C@@H](O)Cn1c(-c2cc(=O)c(O)c[nH]2)nn(S(=O)(=O)[N-]C(=O)N2C[C@H](NC(=O)/C(=N\OC(C)(C)C(=O)[O-])c3csc(N)n3)C2=O)c1=O.[Na+].[Na+]. The number of aliphatic carboxylic acids is 1. The van der Waals surface area contributed by atoms with Crippen LogP contribution >= 0.6 is 11.3 Å². The molecule has 0 radical (unpaired) electrons. The van der Waals surface area contributed by atoms with Crippen molar-refractivity contribution in [2.45, 2.75) is 45.1 Å². The molecule has 2 atom stereocenters. The van der Waals surface area contributed by atoms with Gasteiger partial charge in [0, 0.05) is 17.6 Å². The number of imide groups is 1. The molecule has 4 amide bonds. The molecule has 1 fully saturated rings. The summed E-state index contributed by atoms with van der Waals surface area (Å²) in [5.41, 5.74) is 0.334. The van der Waals surface area contributed by atoms with Crippen molar-refractivity contribution in [3.8, 4) is 17.3 Å². The second kappa shape index (κ2) is 15.9. The molecule has 6 N–H and O–H groups in total. The number of nitrogen functional groups attached to an aromatic ring is 1. The molecule has 1 aliphatic rings. The summed E-state index contributed by atoms with van der Waals surface area (Å²) in [5.74, 6) is -5.05. The minimum Gasteiger partial charge on any atom is -0.546 e. The van der Waals surface area contributed by atoms with Gasteiger partial charge in [0.2, 0.25) is 5.43 Å². The number of carbonyl (C=O) groups is 4. The molecule has 252 valence electrons. The Bertz CT molecular complexity index is 2040. The van der Waals surface area contributed by atoms with Crippen molar-refractivity contribution in [3.05, 3.63) is 48.8 Å². The molecule has 3 aromatic rings. The minimum atomic E-state index is -5.28. The number of H-pyrrole nitrogens is 1. The number of β-lactam (4-membered cyclic amide) rings is 1. The van der Waals surface area contributed by atoms with E-state index in [9.17, 15) is 52.5 Å². The molecule has 0 aliphatic carbocycles. The Kier molecular flexibility index (Phi) is 13.5. The fraction of sp³-hybridized carbons (Fsp3) is 0.348. The van der Waals surface area contributed by atoms with E-state index in [1.807, 2.05) is 0 Å². The molecule has 3 aromatic heterocycles. The number of aromatic amines is 1. The first kappa shape index (κ1) is 41.6. The van der Waals surface area contributed by atoms with Gasteiger partial charge in [-0.25, -0.2) is 18.2 Å². The van der Waals surface area contributed by atoms with Gasteiger partial charge in [-0.1, -0.05) is 9.24 Å². The Hall–Kier alpha value is -3.62. The number of carbonyl (C=O) groups excluding carboxylic acids is 4. The fourth-order valence-corrected chi connectivity index (χ4v) is 5.06. The maximum Gasteiger partial charge on any atom is 1.00 e. The Morgan fingerprint density at radius 1 is 1.31 bits per heavy atom. The summed E-state index contributed by atoms with van der Waals surface area (Å²) in [6.07, 6.45) is -0.366. The van der Waals surface area contributed by atoms with E-state index in [1.54, 1.807) is 0 Å². The van der Waals surface area contributed by atoms with E-state index in [0.29, 0.717) is 9.47 Å². The first-order valence-corrected chi connectivity index (χ1v) is 15.2. The Balaban J connectivity index is 0.00000417. The number of aromatic nitrogens is 5. The molecule has 0 spiro atoms. The number of hydrogen-bond acceptors (Lipinski definition) is 17. The van der Waals surface area contributed by atoms with Gasteiger partial charge in [0.25, 0.3) is 16.1 Å². The summed E-state index contributed by atoms with van der Waals surface area (Å²) < 4.78 is 29.3. The number of hydrogen-bond donors (Lipinski definition) is 5. The average Bonchev–Trinajstić information content (AvgIpc) is 3.54. The van der Waals surface area contributed by atoms with Crippen LogP contribution in [0.25, 0.3) is 16.2 Å². The Morgan fingerprint density at radius 3 is 2.49 bits per heavy atom. The summed E-state index contributed by atoms with van der Waals surface area (Å²) in [5, 5.41) is 41.2. The monoisotopic (exact) mass is 742 g/mol. The zero-order valence-corrected chi connectivity index (χ0v) is 31.9. The molecule has 4 heterocycles. The van der Waals surface area contributed by atoms with Crippen LogP contribution in [-0.4, -0.2) is 101 Å². The quantitative estimate of drug-likeness (QED) is 0.0527. The first-order chi connectivity index (χ1) is 21.8. The van der Waals surface area contributed by atoms with Crippen LogP contribution in [-0.2, 0) is 36.0 Å². The van der Waals surface area contributed by atoms with Gasteiger partial charge in [-0.2, -0.15) is 0 Å². The maximum absolute atomic E-state index is 13.0. The van der Waals surface area contributed by atoms with Crippen molar-refractivity contribution < 1.29 is 107 Å². The van der Waals surface area contributed by atoms with Crippen LogP contribution < -0.4 is 86.4 Å². The summed E-state index contributed by atoms with van der Waals surface area (Å²) in [6, 6.07) is -2.26. The predicted octanol–water partition coefficient (Wildman–Crippen LogP) is -9.60. The number of carboxylic acid groups (broad SMARTS) is 1. The van der Waals surface area contributed by atoms with Gasteiger partial charge < -0.3 is 50.6 Å². The van der Waals surface area contributed by atoms with Gasteiger partial charge in [0.15, 0.2) is 40.0 Å². The molecule has 0 unspecified atom stereocenters. The third kappa shape index (κ3) is 9.14. The van der Waals surface area contributed by atoms with E-state index in [1.165, 1.54) is 12.3 Å². The van der Waals surface area contributed by atoms with Crippen LogP contribution in [0.1, 0.15) is 26.5 Å². The van der Waals surface area contributed by atoms with Crippen molar-refractivity contribution in [2.75, 3.05) is 12.3 Å². The number of rotatable bonds is 11. The number of aliphatic hydroxyl groups excluding tert-OH is 1. The number of nitrogens with two attached hydrogens (primary N) is 1. The molecule has 22 nitrogen and oxygen atoms in total. The molecular formula is C23H24N10Na2O12S2. The number of carboxylic acids is 1. The van der Waals surface area contributed by atoms with Crippen LogP contribution in [0, 0.1) is 0 Å². The van der Waals surface area contributed by atoms with Crippen molar-refractivity contribution in [1.82, 2.24) is 33.9 Å². The number of oxime groups is 1. The second-order valence-corrected chi connectivity index (χ2v) is 12.5. The molecule has 0 aromatic carbocycles. The van der Waals surface area contributed by atoms with E-state index in [4.69, 9.17) is 10.6 Å². The standard InChI is InChI=1S/C23H26N10O12S2.2Na/c1-9(34)6-31-16(10-4-13(35)14(36)5-25-10)28-33(22(31)42)47(43,44)30-21(41)32-7-11(18(32)38)26-17(37)15(12-8-46-20(24)27-12)29-45-23(2,3)19(39)40;;/h4-5,8-9,11,34H,6-7H2,1-3H3,(H7,24,25,26,27,28,29,30,35,36,37,39,40,41);;/q;2*+1/p-2/t9-,11+;;/m1../s1. The third-order valence-corrected chi connectivity index (χ3v) is 7.87. The molecule has 4 rings (SSSR count). The summed E-state index contributed by atoms with van der Waals surface area (Å²) in [6.45, 7) is 2.34. The number of aromatic hydroxyl groups is 1. The normalized spacial score (nSPS) is 15.3. The van der Waals surface area contributed by atoms with Crippen LogP contribution in [0.15, 0.2) is 32.4 Å². The van der Waals surface area contributed by atoms with Crippen molar-refractivity contribution in [1.29, 1.82) is 0 Å². The first-order valence-electron chi connectivity index (χ1n) is 13.0. The van der Waals surface area contributed by atoms with Gasteiger partial charge in [0.1, 0.15) is 5.69 Å². The molecule has 0 bridgehead atoms. The summed E-state index contributed by atoms with van der Waals surface area (Å²) >= 11 is 0.906. The number of amides is 4. The van der Waals surface area contributed by atoms with E-state index in [0.717, 1.165) is 37.4 Å². The van der Waals surface area contributed by atoms with Crippen LogP contribution in [0.4, 0.5) is 9.93 Å². The van der Waals surface area contributed by atoms with Crippen LogP contribution in [0.2, 0.25) is 0 Å². The van der Waals surface area contributed by atoms with E-state index >= 15 is 0 Å². The minimum absolute atomic E-state index is 0.